The Morgan fingerprint density at radius 1 is 1.53 bits per heavy atom. The molecule has 0 bridgehead atoms. The molecule has 2 rings (SSSR count). The zero-order valence-electron chi connectivity index (χ0n) is 8.84. The molecular formula is C11H14N2OS. The molecule has 0 aliphatic heterocycles. The van der Waals surface area contributed by atoms with Crippen LogP contribution in [0.3, 0.4) is 0 Å². The number of rotatable bonds is 3. The Balaban J connectivity index is 2.23. The smallest absolute Gasteiger partial charge is 0.108 e. The van der Waals surface area contributed by atoms with Crippen LogP contribution >= 0.6 is 11.3 Å². The van der Waals surface area contributed by atoms with Crippen molar-refractivity contribution in [2.45, 2.75) is 26.5 Å². The van der Waals surface area contributed by atoms with Crippen LogP contribution in [0.1, 0.15) is 29.0 Å². The second-order valence-electron chi connectivity index (χ2n) is 3.52. The number of aliphatic hydroxyl groups is 1. The lowest BCUT2D eigenvalue weighted by atomic mass is 10.1. The van der Waals surface area contributed by atoms with E-state index in [9.17, 15) is 5.11 Å². The summed E-state index contributed by atoms with van der Waals surface area (Å²) >= 11 is 1.65. The van der Waals surface area contributed by atoms with Gasteiger partial charge in [-0.3, -0.25) is 4.68 Å². The van der Waals surface area contributed by atoms with Gasteiger partial charge in [-0.1, -0.05) is 0 Å². The van der Waals surface area contributed by atoms with Crippen molar-refractivity contribution in [1.29, 1.82) is 0 Å². The van der Waals surface area contributed by atoms with Crippen molar-refractivity contribution in [1.82, 2.24) is 9.78 Å². The molecule has 0 spiro atoms. The Morgan fingerprint density at radius 2 is 2.33 bits per heavy atom. The first-order valence-corrected chi connectivity index (χ1v) is 5.84. The summed E-state index contributed by atoms with van der Waals surface area (Å²) in [5.74, 6) is 0. The predicted octanol–water partition coefficient (Wildman–Crippen LogP) is 2.35. The molecule has 1 N–H and O–H groups in total. The third-order valence-electron chi connectivity index (χ3n) is 2.36. The summed E-state index contributed by atoms with van der Waals surface area (Å²) in [5.41, 5.74) is 1.81. The van der Waals surface area contributed by atoms with Crippen molar-refractivity contribution in [2.75, 3.05) is 0 Å². The number of nitrogens with zero attached hydrogens (tertiary/aromatic N) is 2. The average Bonchev–Trinajstić information content (AvgIpc) is 2.84. The fourth-order valence-corrected chi connectivity index (χ4v) is 2.22. The highest BCUT2D eigenvalue weighted by Gasteiger charge is 2.13. The van der Waals surface area contributed by atoms with Crippen LogP contribution in [-0.4, -0.2) is 14.9 Å². The van der Waals surface area contributed by atoms with E-state index in [4.69, 9.17) is 0 Å². The molecule has 2 heterocycles. The van der Waals surface area contributed by atoms with Gasteiger partial charge < -0.3 is 5.11 Å². The SMILES string of the molecule is CCn1cc(C(O)c2csc(C)c2)cn1. The van der Waals surface area contributed by atoms with Crippen molar-refractivity contribution < 1.29 is 5.11 Å². The molecule has 2 aromatic rings. The van der Waals surface area contributed by atoms with E-state index in [1.54, 1.807) is 17.5 Å². The van der Waals surface area contributed by atoms with Crippen molar-refractivity contribution in [2.24, 2.45) is 0 Å². The Bertz CT molecular complexity index is 447. The summed E-state index contributed by atoms with van der Waals surface area (Å²) in [5, 5.41) is 16.2. The largest absolute Gasteiger partial charge is 0.384 e. The molecular weight excluding hydrogens is 208 g/mol. The summed E-state index contributed by atoms with van der Waals surface area (Å²) in [6, 6.07) is 2.01. The van der Waals surface area contributed by atoms with Gasteiger partial charge in [0, 0.05) is 23.2 Å². The normalized spacial score (nSPS) is 13.0. The van der Waals surface area contributed by atoms with E-state index < -0.39 is 6.10 Å². The van der Waals surface area contributed by atoms with Gasteiger partial charge in [-0.05, 0) is 30.9 Å². The molecule has 0 fully saturated rings. The van der Waals surface area contributed by atoms with Crippen molar-refractivity contribution in [3.8, 4) is 0 Å². The van der Waals surface area contributed by atoms with E-state index in [0.717, 1.165) is 17.7 Å². The summed E-state index contributed by atoms with van der Waals surface area (Å²) in [6.07, 6.45) is 3.06. The van der Waals surface area contributed by atoms with Crippen LogP contribution in [0.5, 0.6) is 0 Å². The molecule has 0 amide bonds. The molecule has 15 heavy (non-hydrogen) atoms. The third kappa shape index (κ3) is 2.11. The zero-order chi connectivity index (χ0) is 10.8. The van der Waals surface area contributed by atoms with Crippen LogP contribution in [0.2, 0.25) is 0 Å². The monoisotopic (exact) mass is 222 g/mol. The minimum atomic E-state index is -0.546. The van der Waals surface area contributed by atoms with Crippen LogP contribution < -0.4 is 0 Å². The fourth-order valence-electron chi connectivity index (χ4n) is 1.49. The van der Waals surface area contributed by atoms with E-state index in [1.165, 1.54) is 4.88 Å². The lowest BCUT2D eigenvalue weighted by molar-refractivity contribution is 0.220. The van der Waals surface area contributed by atoms with Gasteiger partial charge in [0.1, 0.15) is 6.10 Å². The van der Waals surface area contributed by atoms with E-state index in [1.807, 2.05) is 36.2 Å². The first-order chi connectivity index (χ1) is 7.20. The number of thiophene rings is 1. The summed E-state index contributed by atoms with van der Waals surface area (Å²) in [4.78, 5) is 1.21. The van der Waals surface area contributed by atoms with Gasteiger partial charge in [-0.25, -0.2) is 0 Å². The van der Waals surface area contributed by atoms with Crippen LogP contribution in [0.25, 0.3) is 0 Å². The molecule has 0 aromatic carbocycles. The van der Waals surface area contributed by atoms with Crippen molar-refractivity contribution in [3.05, 3.63) is 39.8 Å². The molecule has 0 saturated carbocycles. The van der Waals surface area contributed by atoms with Crippen LogP contribution in [0.15, 0.2) is 23.8 Å². The number of hydrogen-bond donors (Lipinski definition) is 1. The number of aromatic nitrogens is 2. The van der Waals surface area contributed by atoms with Gasteiger partial charge in [0.2, 0.25) is 0 Å². The highest BCUT2D eigenvalue weighted by molar-refractivity contribution is 7.10. The first kappa shape index (κ1) is 10.4. The number of aryl methyl sites for hydroxylation is 2. The Kier molecular flexibility index (Phi) is 2.88. The predicted molar refractivity (Wildman–Crippen MR) is 61.0 cm³/mol. The maximum atomic E-state index is 10.1. The molecule has 3 nitrogen and oxygen atoms in total. The maximum absolute atomic E-state index is 10.1. The molecule has 80 valence electrons. The van der Waals surface area contributed by atoms with E-state index in [-0.39, 0.29) is 0 Å². The Morgan fingerprint density at radius 3 is 2.87 bits per heavy atom. The van der Waals surface area contributed by atoms with E-state index >= 15 is 0 Å². The minimum Gasteiger partial charge on any atom is -0.384 e. The molecule has 2 aromatic heterocycles. The minimum absolute atomic E-state index is 0.546. The van der Waals surface area contributed by atoms with Gasteiger partial charge in [0.25, 0.3) is 0 Å². The Labute approximate surface area is 93.0 Å². The second kappa shape index (κ2) is 4.16. The van der Waals surface area contributed by atoms with Gasteiger partial charge in [-0.15, -0.1) is 11.3 Å². The molecule has 1 unspecified atom stereocenters. The average molecular weight is 222 g/mol. The van der Waals surface area contributed by atoms with Gasteiger partial charge in [-0.2, -0.15) is 5.10 Å². The van der Waals surface area contributed by atoms with Crippen LogP contribution in [0, 0.1) is 6.92 Å². The molecule has 0 aliphatic carbocycles. The lowest BCUT2D eigenvalue weighted by Crippen LogP contribution is -1.97. The van der Waals surface area contributed by atoms with Crippen LogP contribution in [-0.2, 0) is 6.54 Å². The highest BCUT2D eigenvalue weighted by atomic mass is 32.1. The second-order valence-corrected chi connectivity index (χ2v) is 4.64. The molecule has 0 saturated heterocycles. The lowest BCUT2D eigenvalue weighted by Gasteiger charge is -2.04. The van der Waals surface area contributed by atoms with E-state index in [2.05, 4.69) is 5.10 Å². The van der Waals surface area contributed by atoms with E-state index in [0.29, 0.717) is 0 Å². The standard InChI is InChI=1S/C11H14N2OS/c1-3-13-6-10(5-12-13)11(14)9-4-8(2)15-7-9/h4-7,11,14H,3H2,1-2H3. The van der Waals surface area contributed by atoms with Crippen LogP contribution in [0.4, 0.5) is 0 Å². The number of aliphatic hydroxyl groups excluding tert-OH is 1. The molecule has 0 aliphatic rings. The topological polar surface area (TPSA) is 38.0 Å². The van der Waals surface area contributed by atoms with Crippen molar-refractivity contribution >= 4 is 11.3 Å². The fraction of sp³-hybridized carbons (Fsp3) is 0.364. The van der Waals surface area contributed by atoms with Gasteiger partial charge in [0.15, 0.2) is 0 Å². The molecule has 0 radical (unpaired) electrons. The first-order valence-electron chi connectivity index (χ1n) is 4.96. The quantitative estimate of drug-likeness (QED) is 0.865. The summed E-state index contributed by atoms with van der Waals surface area (Å²) in [7, 11) is 0. The maximum Gasteiger partial charge on any atom is 0.108 e. The number of hydrogen-bond acceptors (Lipinski definition) is 3. The summed E-state index contributed by atoms with van der Waals surface area (Å²) in [6.45, 7) is 4.89. The van der Waals surface area contributed by atoms with Gasteiger partial charge in [0.05, 0.1) is 6.20 Å². The summed E-state index contributed by atoms with van der Waals surface area (Å²) < 4.78 is 1.82. The zero-order valence-corrected chi connectivity index (χ0v) is 9.66. The molecule has 4 heteroatoms. The van der Waals surface area contributed by atoms with Crippen molar-refractivity contribution in [3.63, 3.8) is 0 Å². The highest BCUT2D eigenvalue weighted by Crippen LogP contribution is 2.25. The molecule has 1 atom stereocenters. The third-order valence-corrected chi connectivity index (χ3v) is 3.24. The Hall–Kier alpha value is -1.13. The van der Waals surface area contributed by atoms with Gasteiger partial charge >= 0.3 is 0 Å².